The average Bonchev–Trinajstić information content (AvgIpc) is 1.56. The van der Waals surface area contributed by atoms with Gasteiger partial charge in [0.1, 0.15) is 11.2 Å². The zero-order valence-electron chi connectivity index (χ0n) is 54.7. The molecule has 0 fully saturated rings. The van der Waals surface area contributed by atoms with Crippen molar-refractivity contribution in [3.8, 4) is 44.5 Å². The molecule has 0 atom stereocenters. The third-order valence-corrected chi connectivity index (χ3v) is 23.8. The van der Waals surface area contributed by atoms with Crippen molar-refractivity contribution in [1.82, 2.24) is 0 Å². The Kier molecular flexibility index (Phi) is 12.2. The van der Waals surface area contributed by atoms with E-state index in [1.54, 1.807) is 0 Å². The maximum absolute atomic E-state index is 6.43. The standard InChI is InChI=1S/2C41H42O/c1-19-20(2)26(8)35-34(25(19)7)36-27(9)21(3)23(5)29(11)38(36)41(39-30(12)24(6)22(4)28(10)37(35)39)17-15-31-13-14-33-32(40(31)41)16-18-42-33;1-19-20(2)26(8)34-33(25(19)7)35-27(9)21(3)23(5)29(11)37(35)41(38-30(12)24(6)22(4)28(10)36(34)38)17-15-31-13-14-32-16-18-42-40(32)39(31)41/h2*13-18H,1-12H3. The van der Waals surface area contributed by atoms with E-state index in [1.807, 2.05) is 12.5 Å². The van der Waals surface area contributed by atoms with Crippen LogP contribution in [0.5, 0.6) is 0 Å². The molecule has 10 aromatic rings. The fourth-order valence-electron chi connectivity index (χ4n) is 17.3. The largest absolute Gasteiger partial charge is 0.464 e. The highest BCUT2D eigenvalue weighted by molar-refractivity contribution is 6.06. The molecule has 2 nitrogen and oxygen atoms in total. The summed E-state index contributed by atoms with van der Waals surface area (Å²) in [6, 6.07) is 13.2. The lowest BCUT2D eigenvalue weighted by molar-refractivity contribution is 0.604. The summed E-state index contributed by atoms with van der Waals surface area (Å²) in [5.74, 6) is 0. The first-order valence-corrected chi connectivity index (χ1v) is 30.8. The summed E-state index contributed by atoms with van der Waals surface area (Å²) in [6.45, 7) is 56.2. The third-order valence-electron chi connectivity index (χ3n) is 23.8. The molecule has 0 N–H and O–H groups in total. The van der Waals surface area contributed by atoms with Gasteiger partial charge < -0.3 is 8.83 Å². The molecule has 2 aromatic heterocycles. The number of rotatable bonds is 0. The lowest BCUT2D eigenvalue weighted by atomic mass is 9.63. The summed E-state index contributed by atoms with van der Waals surface area (Å²) in [5, 5.41) is 2.38. The van der Waals surface area contributed by atoms with Gasteiger partial charge in [-0.15, -0.1) is 0 Å². The lowest BCUT2D eigenvalue weighted by Gasteiger charge is -2.38. The monoisotopic (exact) mass is 1100 g/mol. The summed E-state index contributed by atoms with van der Waals surface area (Å²) < 4.78 is 12.5. The zero-order chi connectivity index (χ0) is 60.3. The summed E-state index contributed by atoms with van der Waals surface area (Å²) >= 11 is 0. The number of allylic oxidation sites excluding steroid dienone is 2. The van der Waals surface area contributed by atoms with E-state index in [-0.39, 0.29) is 0 Å². The van der Waals surface area contributed by atoms with Gasteiger partial charge in [0.05, 0.1) is 23.4 Å². The second-order valence-corrected chi connectivity index (χ2v) is 26.5. The van der Waals surface area contributed by atoms with Gasteiger partial charge in [0.25, 0.3) is 0 Å². The Morgan fingerprint density at radius 1 is 0.238 bits per heavy atom. The molecule has 4 aliphatic carbocycles. The van der Waals surface area contributed by atoms with E-state index in [0.717, 1.165) is 16.6 Å². The van der Waals surface area contributed by atoms with Crippen LogP contribution in [-0.2, 0) is 10.8 Å². The minimum Gasteiger partial charge on any atom is -0.464 e. The van der Waals surface area contributed by atoms with Crippen LogP contribution < -0.4 is 0 Å². The summed E-state index contributed by atoms with van der Waals surface area (Å²) in [7, 11) is 0. The van der Waals surface area contributed by atoms with Crippen molar-refractivity contribution in [2.45, 2.75) is 177 Å². The first kappa shape index (κ1) is 55.5. The van der Waals surface area contributed by atoms with Crippen LogP contribution in [0.25, 0.3) is 78.6 Å². The summed E-state index contributed by atoms with van der Waals surface area (Å²) in [5.41, 5.74) is 56.9. The fourth-order valence-corrected chi connectivity index (χ4v) is 17.3. The lowest BCUT2D eigenvalue weighted by Crippen LogP contribution is -2.30. The van der Waals surface area contributed by atoms with E-state index >= 15 is 0 Å². The Labute approximate surface area is 500 Å². The molecule has 8 aromatic carbocycles. The maximum Gasteiger partial charge on any atom is 0.139 e. The molecule has 2 heteroatoms. The van der Waals surface area contributed by atoms with Gasteiger partial charge >= 0.3 is 0 Å². The highest BCUT2D eigenvalue weighted by atomic mass is 16.3. The zero-order valence-corrected chi connectivity index (χ0v) is 54.7. The maximum atomic E-state index is 6.43. The number of furan rings is 2. The molecule has 4 aliphatic rings. The van der Waals surface area contributed by atoms with Gasteiger partial charge in [-0.1, -0.05) is 42.5 Å². The number of fused-ring (bicyclic) bond motifs is 22. The molecule has 2 heterocycles. The normalized spacial score (nSPS) is 14.3. The molecule has 0 bridgehead atoms. The first-order chi connectivity index (χ1) is 39.7. The van der Waals surface area contributed by atoms with E-state index in [0.29, 0.717) is 0 Å². The van der Waals surface area contributed by atoms with Crippen molar-refractivity contribution in [2.75, 3.05) is 0 Å². The molecular formula is C82H84O2. The van der Waals surface area contributed by atoms with Gasteiger partial charge in [0.2, 0.25) is 0 Å². The molecule has 0 amide bonds. The van der Waals surface area contributed by atoms with Crippen molar-refractivity contribution < 1.29 is 8.83 Å². The molecule has 0 unspecified atom stereocenters. The Bertz CT molecular complexity index is 4280. The van der Waals surface area contributed by atoms with E-state index < -0.39 is 10.8 Å². The molecule has 84 heavy (non-hydrogen) atoms. The van der Waals surface area contributed by atoms with Crippen LogP contribution in [0.4, 0.5) is 0 Å². The quantitative estimate of drug-likeness (QED) is 0.151. The van der Waals surface area contributed by atoms with Crippen molar-refractivity contribution in [3.63, 3.8) is 0 Å². The van der Waals surface area contributed by atoms with Crippen molar-refractivity contribution in [1.29, 1.82) is 0 Å². The predicted octanol–water partition coefficient (Wildman–Crippen LogP) is 22.3. The molecule has 0 aliphatic heterocycles. The van der Waals surface area contributed by atoms with E-state index in [4.69, 9.17) is 8.83 Å². The van der Waals surface area contributed by atoms with E-state index in [1.165, 1.54) is 228 Å². The molecule has 14 rings (SSSR count). The van der Waals surface area contributed by atoms with Crippen LogP contribution in [0.1, 0.15) is 178 Å². The highest BCUT2D eigenvalue weighted by Gasteiger charge is 2.52. The van der Waals surface area contributed by atoms with Crippen LogP contribution in [0, 0.1) is 166 Å². The van der Waals surface area contributed by atoms with Gasteiger partial charge in [-0.25, -0.2) is 0 Å². The van der Waals surface area contributed by atoms with Crippen molar-refractivity contribution in [3.05, 3.63) is 239 Å². The first-order valence-electron chi connectivity index (χ1n) is 30.8. The summed E-state index contributed by atoms with van der Waals surface area (Å²) in [6.07, 6.45) is 13.5. The predicted molar refractivity (Wildman–Crippen MR) is 359 cm³/mol. The molecule has 2 spiro atoms. The molecule has 0 saturated heterocycles. The molecule has 0 saturated carbocycles. The number of hydrogen-bond acceptors (Lipinski definition) is 2. The van der Waals surface area contributed by atoms with E-state index in [9.17, 15) is 0 Å². The Balaban J connectivity index is 0.000000157. The molecular weight excluding hydrogens is 1020 g/mol. The molecule has 0 radical (unpaired) electrons. The minimum atomic E-state index is -0.488. The molecule has 424 valence electrons. The van der Waals surface area contributed by atoms with Crippen molar-refractivity contribution in [2.24, 2.45) is 0 Å². The average molecular weight is 1100 g/mol. The Hall–Kier alpha value is -7.68. The third kappa shape index (κ3) is 6.58. The van der Waals surface area contributed by atoms with Gasteiger partial charge in [-0.05, 0) is 401 Å². The minimum absolute atomic E-state index is 0.455. The number of hydrogen-bond donors (Lipinski definition) is 0. The van der Waals surface area contributed by atoms with Crippen LogP contribution in [-0.4, -0.2) is 0 Å². The van der Waals surface area contributed by atoms with Crippen LogP contribution in [0.15, 0.2) is 69.9 Å². The Morgan fingerprint density at radius 2 is 0.524 bits per heavy atom. The smallest absolute Gasteiger partial charge is 0.139 e. The fraction of sp³-hybridized carbons (Fsp3) is 0.317. The summed E-state index contributed by atoms with van der Waals surface area (Å²) in [4.78, 5) is 0. The van der Waals surface area contributed by atoms with Gasteiger partial charge in [0.15, 0.2) is 0 Å². The van der Waals surface area contributed by atoms with Crippen molar-refractivity contribution >= 4 is 34.1 Å². The van der Waals surface area contributed by atoms with Gasteiger partial charge in [0, 0.05) is 16.3 Å². The second-order valence-electron chi connectivity index (χ2n) is 26.5. The Morgan fingerprint density at radius 3 is 0.881 bits per heavy atom. The van der Waals surface area contributed by atoms with Crippen LogP contribution in [0.2, 0.25) is 0 Å². The topological polar surface area (TPSA) is 26.3 Å². The van der Waals surface area contributed by atoms with Crippen LogP contribution in [0.3, 0.4) is 0 Å². The van der Waals surface area contributed by atoms with Gasteiger partial charge in [-0.3, -0.25) is 0 Å². The van der Waals surface area contributed by atoms with E-state index in [2.05, 4.69) is 227 Å². The van der Waals surface area contributed by atoms with Crippen LogP contribution >= 0.6 is 0 Å². The SMILES string of the molecule is Cc1c(C)c(C)c2c(c1C)-c1c(C)c(C)c(C)c(C)c1C1(C=Cc3ccc4ccoc4c31)c1c(C)c(C)c(C)c(C)c1-2.Cc1c(C)c(C)c2c(c1C)-c1c(C)c(C)c(C)c(C)c1C1(C=Cc3ccc4occc4c31)c1c(C)c(C)c(C)c(C)c1-2. The second kappa shape index (κ2) is 18.4. The number of benzene rings is 8. The highest BCUT2D eigenvalue weighted by Crippen LogP contribution is 2.65. The van der Waals surface area contributed by atoms with Gasteiger partial charge in [-0.2, -0.15) is 0 Å².